The molecular formula is C19H21NO4. The third-order valence-electron chi connectivity index (χ3n) is 3.67. The summed E-state index contributed by atoms with van der Waals surface area (Å²) >= 11 is 0. The lowest BCUT2D eigenvalue weighted by molar-refractivity contribution is -0.116. The van der Waals surface area contributed by atoms with Gasteiger partial charge in [0.05, 0.1) is 27.4 Å². The maximum Gasteiger partial charge on any atom is 0.244 e. The molecule has 2 aromatic rings. The van der Waals surface area contributed by atoms with E-state index in [1.165, 1.54) is 6.08 Å². The van der Waals surface area contributed by atoms with Gasteiger partial charge in [0.1, 0.15) is 17.2 Å². The Morgan fingerprint density at radius 3 is 2.17 bits per heavy atom. The predicted molar refractivity (Wildman–Crippen MR) is 92.7 cm³/mol. The van der Waals surface area contributed by atoms with Gasteiger partial charge in [-0.25, -0.2) is 0 Å². The molecule has 5 nitrogen and oxygen atoms in total. The Bertz CT molecular complexity index is 710. The first-order valence-corrected chi connectivity index (χ1v) is 7.41. The van der Waals surface area contributed by atoms with Crippen LogP contribution in [0.3, 0.4) is 0 Å². The average molecular weight is 327 g/mol. The number of methoxy groups -OCH3 is 3. The molecule has 0 aliphatic heterocycles. The zero-order chi connectivity index (χ0) is 17.5. The van der Waals surface area contributed by atoms with Crippen LogP contribution in [0.4, 0.5) is 0 Å². The third kappa shape index (κ3) is 3.87. The smallest absolute Gasteiger partial charge is 0.244 e. The number of hydrogen-bond donors (Lipinski definition) is 1. The van der Waals surface area contributed by atoms with E-state index in [0.29, 0.717) is 11.5 Å². The van der Waals surface area contributed by atoms with E-state index in [1.54, 1.807) is 27.4 Å². The summed E-state index contributed by atoms with van der Waals surface area (Å²) in [5.41, 5.74) is 1.72. The molecule has 24 heavy (non-hydrogen) atoms. The van der Waals surface area contributed by atoms with Gasteiger partial charge in [-0.1, -0.05) is 18.7 Å². The molecule has 0 spiro atoms. The molecule has 5 heteroatoms. The SMILES string of the molecule is C=CC(=O)NC(c1ccc(OC)cc1)c1ccc(OC)cc1OC. The number of rotatable bonds is 7. The number of carbonyl (C=O) groups is 1. The number of benzene rings is 2. The molecule has 1 atom stereocenters. The highest BCUT2D eigenvalue weighted by molar-refractivity contribution is 5.87. The van der Waals surface area contributed by atoms with E-state index in [2.05, 4.69) is 11.9 Å². The fraction of sp³-hybridized carbons (Fsp3) is 0.211. The second-order valence-corrected chi connectivity index (χ2v) is 5.03. The van der Waals surface area contributed by atoms with E-state index in [1.807, 2.05) is 36.4 Å². The Balaban J connectivity index is 2.49. The van der Waals surface area contributed by atoms with Crippen LogP contribution in [0.15, 0.2) is 55.1 Å². The van der Waals surface area contributed by atoms with Crippen LogP contribution in [-0.2, 0) is 4.79 Å². The van der Waals surface area contributed by atoms with Crippen LogP contribution >= 0.6 is 0 Å². The molecular weight excluding hydrogens is 306 g/mol. The summed E-state index contributed by atoms with van der Waals surface area (Å²) in [5, 5.41) is 2.93. The first-order chi connectivity index (χ1) is 11.6. The second-order valence-electron chi connectivity index (χ2n) is 5.03. The Kier molecular flexibility index (Phi) is 5.84. The minimum absolute atomic E-state index is 0.270. The second kappa shape index (κ2) is 8.06. The van der Waals surface area contributed by atoms with Gasteiger partial charge in [0.2, 0.25) is 5.91 Å². The van der Waals surface area contributed by atoms with Gasteiger partial charge in [-0.15, -0.1) is 0 Å². The monoisotopic (exact) mass is 327 g/mol. The number of hydrogen-bond acceptors (Lipinski definition) is 4. The summed E-state index contributed by atoms with van der Waals surface area (Å²) in [5.74, 6) is 1.78. The molecule has 0 bridgehead atoms. The van der Waals surface area contributed by atoms with Gasteiger partial charge in [0.25, 0.3) is 0 Å². The van der Waals surface area contributed by atoms with Gasteiger partial charge in [-0.2, -0.15) is 0 Å². The van der Waals surface area contributed by atoms with Crippen LogP contribution in [0.2, 0.25) is 0 Å². The van der Waals surface area contributed by atoms with Crippen LogP contribution in [0.25, 0.3) is 0 Å². The highest BCUT2D eigenvalue weighted by Gasteiger charge is 2.20. The number of nitrogens with one attached hydrogen (secondary N) is 1. The first-order valence-electron chi connectivity index (χ1n) is 7.41. The van der Waals surface area contributed by atoms with Crippen molar-refractivity contribution < 1.29 is 19.0 Å². The molecule has 1 N–H and O–H groups in total. The standard InChI is InChI=1S/C19H21NO4/c1-5-18(21)20-19(13-6-8-14(22-2)9-7-13)16-11-10-15(23-3)12-17(16)24-4/h5-12,19H,1H2,2-4H3,(H,20,21). The summed E-state index contributed by atoms with van der Waals surface area (Å²) < 4.78 is 15.9. The molecule has 2 aromatic carbocycles. The summed E-state index contributed by atoms with van der Waals surface area (Å²) in [7, 11) is 4.78. The van der Waals surface area contributed by atoms with Crippen molar-refractivity contribution in [1.29, 1.82) is 0 Å². The van der Waals surface area contributed by atoms with Gasteiger partial charge >= 0.3 is 0 Å². The molecule has 0 heterocycles. The van der Waals surface area contributed by atoms with Crippen LogP contribution in [-0.4, -0.2) is 27.2 Å². The number of amides is 1. The Morgan fingerprint density at radius 2 is 1.62 bits per heavy atom. The molecule has 0 radical (unpaired) electrons. The first kappa shape index (κ1) is 17.4. The third-order valence-corrected chi connectivity index (χ3v) is 3.67. The van der Waals surface area contributed by atoms with Crippen molar-refractivity contribution in [3.63, 3.8) is 0 Å². The quantitative estimate of drug-likeness (QED) is 0.794. The van der Waals surface area contributed by atoms with Gasteiger partial charge in [-0.3, -0.25) is 4.79 Å². The molecule has 126 valence electrons. The molecule has 1 unspecified atom stereocenters. The highest BCUT2D eigenvalue weighted by atomic mass is 16.5. The zero-order valence-electron chi connectivity index (χ0n) is 14.0. The highest BCUT2D eigenvalue weighted by Crippen LogP contribution is 2.33. The van der Waals surface area contributed by atoms with Crippen molar-refractivity contribution in [2.45, 2.75) is 6.04 Å². The van der Waals surface area contributed by atoms with Crippen LogP contribution in [0, 0.1) is 0 Å². The molecule has 0 saturated carbocycles. The number of carbonyl (C=O) groups excluding carboxylic acids is 1. The lowest BCUT2D eigenvalue weighted by Gasteiger charge is -2.22. The van der Waals surface area contributed by atoms with Gasteiger partial charge in [0, 0.05) is 11.6 Å². The fourth-order valence-electron chi connectivity index (χ4n) is 2.40. The molecule has 0 aliphatic carbocycles. The molecule has 2 rings (SSSR count). The van der Waals surface area contributed by atoms with E-state index in [0.717, 1.165) is 16.9 Å². The summed E-state index contributed by atoms with van der Waals surface area (Å²) in [6, 6.07) is 12.6. The van der Waals surface area contributed by atoms with Crippen molar-refractivity contribution in [2.75, 3.05) is 21.3 Å². The maximum atomic E-state index is 11.9. The summed E-state index contributed by atoms with van der Waals surface area (Å²) in [4.78, 5) is 11.9. The Morgan fingerprint density at radius 1 is 1.00 bits per heavy atom. The maximum absolute atomic E-state index is 11.9. The van der Waals surface area contributed by atoms with E-state index in [-0.39, 0.29) is 11.9 Å². The van der Waals surface area contributed by atoms with Crippen molar-refractivity contribution >= 4 is 5.91 Å². The molecule has 0 saturated heterocycles. The average Bonchev–Trinajstić information content (AvgIpc) is 2.65. The van der Waals surface area contributed by atoms with Crippen LogP contribution in [0.5, 0.6) is 17.2 Å². The minimum Gasteiger partial charge on any atom is -0.497 e. The van der Waals surface area contributed by atoms with Crippen molar-refractivity contribution in [3.8, 4) is 17.2 Å². The fourth-order valence-corrected chi connectivity index (χ4v) is 2.40. The normalized spacial score (nSPS) is 11.3. The molecule has 0 aromatic heterocycles. The van der Waals surface area contributed by atoms with Crippen molar-refractivity contribution in [3.05, 3.63) is 66.2 Å². The van der Waals surface area contributed by atoms with Crippen molar-refractivity contribution in [1.82, 2.24) is 5.32 Å². The van der Waals surface area contributed by atoms with Gasteiger partial charge < -0.3 is 19.5 Å². The van der Waals surface area contributed by atoms with Crippen molar-refractivity contribution in [2.24, 2.45) is 0 Å². The topological polar surface area (TPSA) is 56.8 Å². The predicted octanol–water partition coefficient (Wildman–Crippen LogP) is 3.10. The Hall–Kier alpha value is -2.95. The minimum atomic E-state index is -0.387. The zero-order valence-corrected chi connectivity index (χ0v) is 14.0. The molecule has 0 aliphatic rings. The number of ether oxygens (including phenoxy) is 3. The van der Waals surface area contributed by atoms with Crippen LogP contribution in [0.1, 0.15) is 17.2 Å². The van der Waals surface area contributed by atoms with E-state index < -0.39 is 0 Å². The van der Waals surface area contributed by atoms with Gasteiger partial charge in [-0.05, 0) is 35.9 Å². The molecule has 1 amide bonds. The largest absolute Gasteiger partial charge is 0.497 e. The lowest BCUT2D eigenvalue weighted by atomic mass is 9.97. The Labute approximate surface area is 141 Å². The van der Waals surface area contributed by atoms with Crippen LogP contribution < -0.4 is 19.5 Å². The molecule has 0 fully saturated rings. The van der Waals surface area contributed by atoms with E-state index >= 15 is 0 Å². The van der Waals surface area contributed by atoms with E-state index in [4.69, 9.17) is 14.2 Å². The lowest BCUT2D eigenvalue weighted by Crippen LogP contribution is -2.28. The summed E-state index contributed by atoms with van der Waals surface area (Å²) in [6.07, 6.45) is 1.24. The van der Waals surface area contributed by atoms with E-state index in [9.17, 15) is 4.79 Å². The van der Waals surface area contributed by atoms with Gasteiger partial charge in [0.15, 0.2) is 0 Å². The summed E-state index contributed by atoms with van der Waals surface area (Å²) in [6.45, 7) is 3.52.